The van der Waals surface area contributed by atoms with Crippen LogP contribution in [-0.2, 0) is 7.05 Å². The number of ether oxygens (including phenoxy) is 1. The molecule has 1 saturated heterocycles. The third kappa shape index (κ3) is 3.48. The molecule has 1 N–H and O–H groups in total. The third-order valence-electron chi connectivity index (χ3n) is 4.36. The molecule has 0 unspecified atom stereocenters. The zero-order chi connectivity index (χ0) is 17.1. The van der Waals surface area contributed by atoms with Crippen LogP contribution in [0.1, 0.15) is 6.42 Å². The lowest BCUT2D eigenvalue weighted by atomic mass is 10.1. The fourth-order valence-electron chi connectivity index (χ4n) is 2.93. The van der Waals surface area contributed by atoms with Gasteiger partial charge in [0.25, 0.3) is 5.56 Å². The summed E-state index contributed by atoms with van der Waals surface area (Å²) < 4.78 is 6.52. The molecular weight excluding hydrogens is 328 g/mol. The van der Waals surface area contributed by atoms with Crippen molar-refractivity contribution in [2.45, 2.75) is 6.42 Å². The molecule has 0 saturated carbocycles. The van der Waals surface area contributed by atoms with Crippen LogP contribution in [0.5, 0.6) is 5.75 Å². The van der Waals surface area contributed by atoms with Gasteiger partial charge in [0.1, 0.15) is 10.8 Å². The summed E-state index contributed by atoms with van der Waals surface area (Å²) in [6.45, 7) is 2.72. The van der Waals surface area contributed by atoms with Gasteiger partial charge in [-0.25, -0.2) is 4.68 Å². The Labute approximate surface area is 146 Å². The Morgan fingerprint density at radius 3 is 3.08 bits per heavy atom. The smallest absolute Gasteiger partial charge is 0.287 e. The molecule has 1 fully saturated rings. The van der Waals surface area contributed by atoms with Crippen LogP contribution >= 0.6 is 11.6 Å². The van der Waals surface area contributed by atoms with Crippen LogP contribution in [0.4, 0.5) is 11.4 Å². The van der Waals surface area contributed by atoms with Crippen LogP contribution in [0.25, 0.3) is 0 Å². The minimum absolute atomic E-state index is 0.190. The predicted octanol–water partition coefficient (Wildman–Crippen LogP) is 2.38. The predicted molar refractivity (Wildman–Crippen MR) is 96.3 cm³/mol. The number of aromatic nitrogens is 2. The number of benzene rings is 1. The van der Waals surface area contributed by atoms with Crippen molar-refractivity contribution < 1.29 is 4.74 Å². The average molecular weight is 349 g/mol. The third-order valence-corrected chi connectivity index (χ3v) is 4.73. The van der Waals surface area contributed by atoms with Crippen LogP contribution in [0.3, 0.4) is 0 Å². The first-order chi connectivity index (χ1) is 11.6. The number of hydrogen-bond donors (Lipinski definition) is 1. The average Bonchev–Trinajstić information content (AvgIpc) is 3.08. The maximum Gasteiger partial charge on any atom is 0.287 e. The number of aryl methyl sites for hydroxylation is 1. The number of methoxy groups -OCH3 is 1. The SMILES string of the molecule is COc1cccc(N2CC[C@@H](CNc3cnn(C)c(=O)c3Cl)C2)c1. The second kappa shape index (κ2) is 7.13. The molecule has 0 spiro atoms. The monoisotopic (exact) mass is 348 g/mol. The topological polar surface area (TPSA) is 59.4 Å². The Bertz CT molecular complexity index is 777. The van der Waals surface area contributed by atoms with Crippen molar-refractivity contribution in [3.8, 4) is 5.75 Å². The first kappa shape index (κ1) is 16.6. The Balaban J connectivity index is 1.60. The van der Waals surface area contributed by atoms with Crippen molar-refractivity contribution in [1.82, 2.24) is 9.78 Å². The van der Waals surface area contributed by atoms with Crippen molar-refractivity contribution in [3.63, 3.8) is 0 Å². The van der Waals surface area contributed by atoms with E-state index in [4.69, 9.17) is 16.3 Å². The van der Waals surface area contributed by atoms with E-state index < -0.39 is 0 Å². The molecule has 1 aromatic heterocycles. The summed E-state index contributed by atoms with van der Waals surface area (Å²) >= 11 is 6.08. The van der Waals surface area contributed by atoms with Crippen LogP contribution < -0.4 is 20.5 Å². The Morgan fingerprint density at radius 2 is 2.29 bits per heavy atom. The second-order valence-electron chi connectivity index (χ2n) is 5.98. The Morgan fingerprint density at radius 1 is 1.46 bits per heavy atom. The highest BCUT2D eigenvalue weighted by Gasteiger charge is 2.23. The molecule has 1 aliphatic rings. The van der Waals surface area contributed by atoms with E-state index in [9.17, 15) is 4.79 Å². The first-order valence-corrected chi connectivity index (χ1v) is 8.31. The molecule has 128 valence electrons. The maximum atomic E-state index is 11.8. The number of hydrogen-bond acceptors (Lipinski definition) is 5. The Kier molecular flexibility index (Phi) is 4.94. The largest absolute Gasteiger partial charge is 0.497 e. The van der Waals surface area contributed by atoms with Gasteiger partial charge in [-0.3, -0.25) is 4.79 Å². The summed E-state index contributed by atoms with van der Waals surface area (Å²) in [6, 6.07) is 8.10. The molecule has 0 aliphatic carbocycles. The molecule has 2 heterocycles. The van der Waals surface area contributed by atoms with E-state index in [-0.39, 0.29) is 10.6 Å². The van der Waals surface area contributed by atoms with E-state index in [1.54, 1.807) is 20.4 Å². The lowest BCUT2D eigenvalue weighted by Crippen LogP contribution is -2.24. The quantitative estimate of drug-likeness (QED) is 0.899. The lowest BCUT2D eigenvalue weighted by Gasteiger charge is -2.19. The molecule has 2 aromatic rings. The molecule has 0 radical (unpaired) electrons. The van der Waals surface area contributed by atoms with Crippen molar-refractivity contribution in [1.29, 1.82) is 0 Å². The molecule has 1 aliphatic heterocycles. The maximum absolute atomic E-state index is 11.8. The van der Waals surface area contributed by atoms with E-state index in [1.807, 2.05) is 12.1 Å². The summed E-state index contributed by atoms with van der Waals surface area (Å²) in [5.74, 6) is 1.35. The number of rotatable bonds is 5. The highest BCUT2D eigenvalue weighted by molar-refractivity contribution is 6.32. The highest BCUT2D eigenvalue weighted by atomic mass is 35.5. The standard InChI is InChI=1S/C17H21ClN4O2/c1-21-17(23)16(18)15(10-20-21)19-9-12-6-7-22(11-12)13-4-3-5-14(8-13)24-2/h3-5,8,10,12,19H,6-7,9,11H2,1-2H3/t12-/m0/s1. The van der Waals surface area contributed by atoms with Gasteiger partial charge in [0.2, 0.25) is 0 Å². The van der Waals surface area contributed by atoms with Gasteiger partial charge in [-0.2, -0.15) is 5.10 Å². The second-order valence-corrected chi connectivity index (χ2v) is 6.36. The van der Waals surface area contributed by atoms with Crippen molar-refractivity contribution >= 4 is 23.0 Å². The van der Waals surface area contributed by atoms with Crippen molar-refractivity contribution in [3.05, 3.63) is 45.8 Å². The molecule has 1 atom stereocenters. The van der Waals surface area contributed by atoms with Crippen LogP contribution in [0.2, 0.25) is 5.02 Å². The summed E-state index contributed by atoms with van der Waals surface area (Å²) in [6.07, 6.45) is 2.68. The van der Waals surface area contributed by atoms with Crippen LogP contribution in [-0.4, -0.2) is 36.5 Å². The van der Waals surface area contributed by atoms with E-state index >= 15 is 0 Å². The fourth-order valence-corrected chi connectivity index (χ4v) is 3.17. The molecule has 6 nitrogen and oxygen atoms in total. The zero-order valence-corrected chi connectivity index (χ0v) is 14.6. The fraction of sp³-hybridized carbons (Fsp3) is 0.412. The summed E-state index contributed by atoms with van der Waals surface area (Å²) in [7, 11) is 3.26. The number of nitrogens with one attached hydrogen (secondary N) is 1. The molecule has 7 heteroatoms. The van der Waals surface area contributed by atoms with E-state index in [2.05, 4.69) is 27.4 Å². The van der Waals surface area contributed by atoms with E-state index in [1.165, 1.54) is 10.4 Å². The molecule has 0 bridgehead atoms. The zero-order valence-electron chi connectivity index (χ0n) is 13.8. The van der Waals surface area contributed by atoms with Gasteiger partial charge in [0.15, 0.2) is 0 Å². The van der Waals surface area contributed by atoms with Gasteiger partial charge in [-0.15, -0.1) is 0 Å². The van der Waals surface area contributed by atoms with Gasteiger partial charge in [-0.1, -0.05) is 17.7 Å². The first-order valence-electron chi connectivity index (χ1n) is 7.93. The molecule has 24 heavy (non-hydrogen) atoms. The van der Waals surface area contributed by atoms with Crippen molar-refractivity contribution in [2.75, 3.05) is 37.0 Å². The molecule has 0 amide bonds. The summed E-state index contributed by atoms with van der Waals surface area (Å²) in [5, 5.41) is 7.45. The van der Waals surface area contributed by atoms with Gasteiger partial charge in [0, 0.05) is 38.4 Å². The van der Waals surface area contributed by atoms with E-state index in [0.29, 0.717) is 11.6 Å². The van der Waals surface area contributed by atoms with Crippen molar-refractivity contribution in [2.24, 2.45) is 13.0 Å². The minimum atomic E-state index is -0.286. The minimum Gasteiger partial charge on any atom is -0.497 e. The summed E-state index contributed by atoms with van der Waals surface area (Å²) in [5.41, 5.74) is 1.48. The Hall–Kier alpha value is -2.21. The molecule has 1 aromatic carbocycles. The van der Waals surface area contributed by atoms with Crippen LogP contribution in [0, 0.1) is 5.92 Å². The normalized spacial score (nSPS) is 17.1. The van der Waals surface area contributed by atoms with Gasteiger partial charge < -0.3 is 15.0 Å². The van der Waals surface area contributed by atoms with Crippen LogP contribution in [0.15, 0.2) is 35.3 Å². The highest BCUT2D eigenvalue weighted by Crippen LogP contribution is 2.27. The molecular formula is C17H21ClN4O2. The molecule has 3 rings (SSSR count). The lowest BCUT2D eigenvalue weighted by molar-refractivity contribution is 0.415. The van der Waals surface area contributed by atoms with Gasteiger partial charge in [-0.05, 0) is 24.5 Å². The number of halogens is 1. The van der Waals surface area contributed by atoms with Gasteiger partial charge in [0.05, 0.1) is 19.0 Å². The van der Waals surface area contributed by atoms with E-state index in [0.717, 1.165) is 31.8 Å². The number of anilines is 2. The number of nitrogens with zero attached hydrogens (tertiary/aromatic N) is 3. The van der Waals surface area contributed by atoms with Gasteiger partial charge >= 0.3 is 0 Å². The summed E-state index contributed by atoms with van der Waals surface area (Å²) in [4.78, 5) is 14.1.